The zero-order chi connectivity index (χ0) is 45.2. The third-order valence-electron chi connectivity index (χ3n) is 12.3. The number of hydrogen-bond acceptors (Lipinski definition) is 15. The summed E-state index contributed by atoms with van der Waals surface area (Å²) in [7, 11) is 0. The molecule has 0 saturated carbocycles. The summed E-state index contributed by atoms with van der Waals surface area (Å²) in [4.78, 5) is 49.7. The molecule has 18 heteroatoms. The fourth-order valence-electron chi connectivity index (χ4n) is 8.61. The number of halogens is 2. The number of carbonyl (C=O) groups is 1. The fourth-order valence-corrected chi connectivity index (χ4v) is 8.61. The van der Waals surface area contributed by atoms with Gasteiger partial charge in [0.15, 0.2) is 11.3 Å². The molecule has 2 aromatic carbocycles. The molecule has 4 aliphatic heterocycles. The number of fused-ring (bicyclic) bond motifs is 2. The van der Waals surface area contributed by atoms with Crippen molar-refractivity contribution in [2.45, 2.75) is 51.9 Å². The Morgan fingerprint density at radius 2 is 0.954 bits per heavy atom. The van der Waals surface area contributed by atoms with Crippen LogP contribution in [-0.4, -0.2) is 139 Å². The lowest BCUT2D eigenvalue weighted by molar-refractivity contribution is 0.0972. The highest BCUT2D eigenvalue weighted by Gasteiger charge is 2.30. The van der Waals surface area contributed by atoms with E-state index in [9.17, 15) is 13.6 Å². The van der Waals surface area contributed by atoms with Crippen molar-refractivity contribution >= 4 is 51.5 Å². The summed E-state index contributed by atoms with van der Waals surface area (Å²) < 4.78 is 49.8. The van der Waals surface area contributed by atoms with Gasteiger partial charge in [0.1, 0.15) is 23.3 Å². The summed E-state index contributed by atoms with van der Waals surface area (Å²) in [6.45, 7) is 16.4. The van der Waals surface area contributed by atoms with Gasteiger partial charge in [-0.2, -0.15) is 19.9 Å². The van der Waals surface area contributed by atoms with E-state index in [1.807, 2.05) is 24.3 Å². The van der Waals surface area contributed by atoms with Crippen LogP contribution in [0.2, 0.25) is 0 Å². The number of rotatable bonds is 7. The monoisotopic (exact) mass is 889 g/mol. The molecule has 1 amide bonds. The van der Waals surface area contributed by atoms with Crippen LogP contribution in [0.15, 0.2) is 66.7 Å². The van der Waals surface area contributed by atoms with Gasteiger partial charge in [0.25, 0.3) is 5.91 Å². The van der Waals surface area contributed by atoms with Crippen molar-refractivity contribution in [3.05, 3.63) is 83.9 Å². The molecule has 4 saturated heterocycles. The van der Waals surface area contributed by atoms with Crippen LogP contribution >= 0.6 is 0 Å². The SMILES string of the molecule is C[C@H]1COCCN1c1nc(N2CCOC[C@@H]2C)c2ccc(-c3ccc(F)c(C(N)=O)c3)nc2n1.C[C@H]1COCCN1c1nc(N2CCOC[C@@H]2C)c2ccc(-c3ccc(F)cc3)nc2n1. The quantitative estimate of drug-likeness (QED) is 0.208. The minimum atomic E-state index is -0.824. The Balaban J connectivity index is 0.000000165. The van der Waals surface area contributed by atoms with Crippen LogP contribution in [0.25, 0.3) is 44.6 Å². The first-order valence-electron chi connectivity index (χ1n) is 22.1. The molecule has 16 nitrogen and oxygen atoms in total. The average molecular weight is 890 g/mol. The lowest BCUT2D eigenvalue weighted by Gasteiger charge is -2.37. The lowest BCUT2D eigenvalue weighted by atomic mass is 10.1. The van der Waals surface area contributed by atoms with Crippen LogP contribution in [0.5, 0.6) is 0 Å². The van der Waals surface area contributed by atoms with Crippen LogP contribution in [0.1, 0.15) is 38.1 Å². The number of anilines is 4. The number of hydrogen-bond donors (Lipinski definition) is 1. The highest BCUT2D eigenvalue weighted by atomic mass is 19.1. The minimum Gasteiger partial charge on any atom is -0.377 e. The van der Waals surface area contributed by atoms with E-state index in [2.05, 4.69) is 47.3 Å². The van der Waals surface area contributed by atoms with Gasteiger partial charge < -0.3 is 44.3 Å². The topological polar surface area (TPSA) is 170 Å². The zero-order valence-corrected chi connectivity index (χ0v) is 37.0. The fraction of sp³-hybridized carbons (Fsp3) is 0.426. The van der Waals surface area contributed by atoms with E-state index in [1.54, 1.807) is 18.2 Å². The number of ether oxygens (including phenoxy) is 4. The Bertz CT molecular complexity index is 2680. The third-order valence-corrected chi connectivity index (χ3v) is 12.3. The Kier molecular flexibility index (Phi) is 12.9. The van der Waals surface area contributed by atoms with Gasteiger partial charge in [0.2, 0.25) is 11.9 Å². The van der Waals surface area contributed by atoms with Crippen LogP contribution < -0.4 is 25.3 Å². The zero-order valence-electron chi connectivity index (χ0n) is 37.0. The standard InChI is InChI=1S/C24H27FN6O3.C23H26FN5O2/c1-14-12-33-9-7-30(14)23-17-4-6-20(16-3-5-19(25)18(11-16)21(26)32)27-22(17)28-24(29-23)31-8-10-34-13-15(31)2;1-15-13-30-11-9-28(15)22-19-7-8-20(17-3-5-18(24)6-4-17)25-21(19)26-23(27-22)29-10-12-31-14-16(29)2/h3-6,11,14-15H,7-10,12-13H2,1-2H3,(H2,26,32);3-8,15-16H,9-14H2,1-2H3/t14-,15-;15-,16-/m00/s1. The van der Waals surface area contributed by atoms with Crippen LogP contribution in [0, 0.1) is 11.6 Å². The maximum absolute atomic E-state index is 14.0. The molecular weight excluding hydrogens is 837 g/mol. The number of carbonyl (C=O) groups excluding carboxylic acids is 1. The molecule has 4 aromatic heterocycles. The maximum Gasteiger partial charge on any atom is 0.251 e. The molecule has 4 aliphatic rings. The largest absolute Gasteiger partial charge is 0.377 e. The normalized spacial score (nSPS) is 21.6. The van der Waals surface area contributed by atoms with E-state index in [-0.39, 0.29) is 35.5 Å². The molecule has 65 heavy (non-hydrogen) atoms. The molecule has 0 aliphatic carbocycles. The van der Waals surface area contributed by atoms with Crippen LogP contribution in [-0.2, 0) is 18.9 Å². The lowest BCUT2D eigenvalue weighted by Crippen LogP contribution is -2.46. The number of aromatic nitrogens is 6. The average Bonchev–Trinajstić information content (AvgIpc) is 3.32. The van der Waals surface area contributed by atoms with Gasteiger partial charge in [-0.1, -0.05) is 0 Å². The van der Waals surface area contributed by atoms with Crippen molar-refractivity contribution < 1.29 is 32.5 Å². The van der Waals surface area contributed by atoms with Crippen molar-refractivity contribution in [3.8, 4) is 22.5 Å². The minimum absolute atomic E-state index is 0.125. The molecule has 340 valence electrons. The van der Waals surface area contributed by atoms with Crippen LogP contribution in [0.3, 0.4) is 0 Å². The molecule has 0 unspecified atom stereocenters. The van der Waals surface area contributed by atoms with E-state index in [0.29, 0.717) is 100 Å². The number of nitrogens with two attached hydrogens (primary N) is 1. The maximum atomic E-state index is 14.0. The van der Waals surface area contributed by atoms with Crippen molar-refractivity contribution in [2.24, 2.45) is 5.73 Å². The number of morpholine rings is 4. The van der Waals surface area contributed by atoms with Gasteiger partial charge in [-0.05, 0) is 94.4 Å². The first kappa shape index (κ1) is 44.0. The van der Waals surface area contributed by atoms with Gasteiger partial charge in [-0.25, -0.2) is 18.7 Å². The number of amides is 1. The van der Waals surface area contributed by atoms with Crippen LogP contribution in [0.4, 0.5) is 32.3 Å². The van der Waals surface area contributed by atoms with E-state index < -0.39 is 11.7 Å². The summed E-state index contributed by atoms with van der Waals surface area (Å²) in [5, 5.41) is 1.73. The highest BCUT2D eigenvalue weighted by Crippen LogP contribution is 2.33. The van der Waals surface area contributed by atoms with Crippen molar-refractivity contribution in [3.63, 3.8) is 0 Å². The van der Waals surface area contributed by atoms with E-state index >= 15 is 0 Å². The first-order chi connectivity index (χ1) is 31.5. The summed E-state index contributed by atoms with van der Waals surface area (Å²) in [6, 6.07) is 19.0. The summed E-state index contributed by atoms with van der Waals surface area (Å²) in [6.07, 6.45) is 0. The molecule has 8 heterocycles. The van der Waals surface area contributed by atoms with Crippen molar-refractivity contribution in [2.75, 3.05) is 98.6 Å². The molecule has 0 bridgehead atoms. The molecule has 4 fully saturated rings. The molecule has 10 rings (SSSR count). The number of benzene rings is 2. The predicted octanol–water partition coefficient (Wildman–Crippen LogP) is 5.66. The summed E-state index contributed by atoms with van der Waals surface area (Å²) in [5.74, 6) is 1.21. The van der Waals surface area contributed by atoms with Gasteiger partial charge in [0.05, 0.1) is 105 Å². The molecule has 0 spiro atoms. The molecule has 4 atom stereocenters. The number of pyridine rings is 2. The van der Waals surface area contributed by atoms with Crippen molar-refractivity contribution in [1.82, 2.24) is 29.9 Å². The number of primary amides is 1. The second-order valence-corrected chi connectivity index (χ2v) is 16.9. The number of nitrogens with zero attached hydrogens (tertiary/aromatic N) is 10. The second-order valence-electron chi connectivity index (χ2n) is 16.9. The first-order valence-corrected chi connectivity index (χ1v) is 22.1. The van der Waals surface area contributed by atoms with E-state index in [1.165, 1.54) is 24.3 Å². The predicted molar refractivity (Wildman–Crippen MR) is 244 cm³/mol. The molecule has 2 N–H and O–H groups in total. The summed E-state index contributed by atoms with van der Waals surface area (Å²) >= 11 is 0. The summed E-state index contributed by atoms with van der Waals surface area (Å²) in [5.41, 5.74) is 9.08. The highest BCUT2D eigenvalue weighted by molar-refractivity contribution is 5.95. The van der Waals surface area contributed by atoms with E-state index in [4.69, 9.17) is 54.6 Å². The Hall–Kier alpha value is -6.21. The molecule has 0 radical (unpaired) electrons. The Morgan fingerprint density at radius 3 is 1.38 bits per heavy atom. The smallest absolute Gasteiger partial charge is 0.251 e. The van der Waals surface area contributed by atoms with Gasteiger partial charge in [0, 0.05) is 37.3 Å². The molecular formula is C47H53F2N11O5. The Morgan fingerprint density at radius 1 is 0.538 bits per heavy atom. The van der Waals surface area contributed by atoms with Gasteiger partial charge >= 0.3 is 0 Å². The van der Waals surface area contributed by atoms with E-state index in [0.717, 1.165) is 46.8 Å². The Labute approximate surface area is 375 Å². The van der Waals surface area contributed by atoms with Gasteiger partial charge in [-0.15, -0.1) is 0 Å². The second kappa shape index (κ2) is 19.1. The third kappa shape index (κ3) is 9.34. The molecule has 6 aromatic rings. The van der Waals surface area contributed by atoms with Crippen molar-refractivity contribution in [1.29, 1.82) is 0 Å². The van der Waals surface area contributed by atoms with Gasteiger partial charge in [-0.3, -0.25) is 4.79 Å².